The van der Waals surface area contributed by atoms with Gasteiger partial charge in [0.2, 0.25) is 5.88 Å². The van der Waals surface area contributed by atoms with Crippen LogP contribution in [0.5, 0.6) is 11.6 Å². The minimum Gasteiger partial charge on any atom is -0.434 e. The van der Waals surface area contributed by atoms with E-state index in [-0.39, 0.29) is 28.2 Å². The number of amides is 1. The zero-order valence-corrected chi connectivity index (χ0v) is 15.9. The van der Waals surface area contributed by atoms with Crippen molar-refractivity contribution in [3.05, 3.63) is 39.5 Å². The number of ether oxygens (including phenoxy) is 3. The summed E-state index contributed by atoms with van der Waals surface area (Å²) in [5.41, 5.74) is -0.591. The van der Waals surface area contributed by atoms with Crippen molar-refractivity contribution >= 4 is 29.2 Å². The van der Waals surface area contributed by atoms with Gasteiger partial charge < -0.3 is 19.5 Å². The highest BCUT2D eigenvalue weighted by Gasteiger charge is 2.32. The number of nitrogens with one attached hydrogen (secondary N) is 1. The molecule has 0 unspecified atom stereocenters. The minimum atomic E-state index is -4.60. The molecule has 2 aromatic rings. The highest BCUT2D eigenvalue weighted by atomic mass is 35.5. The third kappa shape index (κ3) is 4.69. The molecule has 1 saturated heterocycles. The number of nitrogens with zero attached hydrogens (tertiary/aromatic N) is 2. The predicted octanol–water partition coefficient (Wildman–Crippen LogP) is 4.24. The fourth-order valence-electron chi connectivity index (χ4n) is 2.40. The minimum absolute atomic E-state index is 0.0652. The molecule has 1 fully saturated rings. The second-order valence-corrected chi connectivity index (χ2v) is 6.58. The number of carbonyl (C=O) groups excluding carboxylic acids is 1. The Morgan fingerprint density at radius 3 is 2.46 bits per heavy atom. The molecule has 1 amide bonds. The van der Waals surface area contributed by atoms with Crippen molar-refractivity contribution in [2.75, 3.05) is 19.8 Å². The van der Waals surface area contributed by atoms with E-state index in [1.165, 1.54) is 6.07 Å². The van der Waals surface area contributed by atoms with E-state index in [2.05, 4.69) is 10.4 Å². The van der Waals surface area contributed by atoms with Crippen LogP contribution < -0.4 is 10.1 Å². The van der Waals surface area contributed by atoms with E-state index in [0.29, 0.717) is 31.0 Å². The van der Waals surface area contributed by atoms with Gasteiger partial charge in [-0.1, -0.05) is 23.2 Å². The van der Waals surface area contributed by atoms with Crippen LogP contribution in [0.15, 0.2) is 18.2 Å². The second kappa shape index (κ2) is 8.16. The molecule has 0 atom stereocenters. The number of rotatable bonds is 4. The predicted molar refractivity (Wildman–Crippen MR) is 93.0 cm³/mol. The Morgan fingerprint density at radius 2 is 1.89 bits per heavy atom. The van der Waals surface area contributed by atoms with Gasteiger partial charge in [0.05, 0.1) is 41.1 Å². The standard InChI is InChI=1S/C16H14Cl2F3N3O4/c1-8-4-12(23-24(8)15(25)22-7-13-26-2-3-27-13)28-14-10(17)5-9(6-11(14)18)16(19,20)21/h4-6,13H,2-3,7H2,1H3,(H,22,25). The molecular weight excluding hydrogens is 426 g/mol. The van der Waals surface area contributed by atoms with Crippen molar-refractivity contribution in [3.8, 4) is 11.6 Å². The first-order chi connectivity index (χ1) is 13.1. The molecule has 3 rings (SSSR count). The molecule has 0 saturated carbocycles. The fraction of sp³-hybridized carbons (Fsp3) is 0.375. The largest absolute Gasteiger partial charge is 0.434 e. The second-order valence-electron chi connectivity index (χ2n) is 5.76. The number of aryl methyl sites for hydroxylation is 1. The van der Waals surface area contributed by atoms with Gasteiger partial charge in [-0.2, -0.15) is 17.9 Å². The zero-order chi connectivity index (χ0) is 20.5. The van der Waals surface area contributed by atoms with Crippen LogP contribution in [-0.2, 0) is 15.7 Å². The van der Waals surface area contributed by atoms with Crippen LogP contribution in [0.4, 0.5) is 18.0 Å². The fourth-order valence-corrected chi connectivity index (χ4v) is 2.96. The molecule has 0 aliphatic carbocycles. The smallest absolute Gasteiger partial charge is 0.416 e. The summed E-state index contributed by atoms with van der Waals surface area (Å²) < 4.78 is 55.3. The molecule has 152 valence electrons. The molecule has 1 aromatic carbocycles. The average Bonchev–Trinajstić information content (AvgIpc) is 3.24. The summed E-state index contributed by atoms with van der Waals surface area (Å²) in [6.45, 7) is 2.63. The van der Waals surface area contributed by atoms with Crippen LogP contribution in [0.2, 0.25) is 10.0 Å². The lowest BCUT2D eigenvalue weighted by molar-refractivity contribution is -0.137. The number of hydrogen-bond acceptors (Lipinski definition) is 5. The lowest BCUT2D eigenvalue weighted by Crippen LogP contribution is -2.36. The summed E-state index contributed by atoms with van der Waals surface area (Å²) >= 11 is 11.7. The average molecular weight is 440 g/mol. The Hall–Kier alpha value is -2.01. The van der Waals surface area contributed by atoms with E-state index >= 15 is 0 Å². The summed E-state index contributed by atoms with van der Waals surface area (Å²) in [5, 5.41) is 5.87. The Morgan fingerprint density at radius 1 is 1.29 bits per heavy atom. The van der Waals surface area contributed by atoms with E-state index in [1.807, 2.05) is 0 Å². The molecule has 1 aromatic heterocycles. The quantitative estimate of drug-likeness (QED) is 0.770. The molecule has 0 radical (unpaired) electrons. The summed E-state index contributed by atoms with van der Waals surface area (Å²) in [5.74, 6) is -0.265. The normalized spacial score (nSPS) is 15.1. The number of halogens is 5. The summed E-state index contributed by atoms with van der Waals surface area (Å²) in [7, 11) is 0. The van der Waals surface area contributed by atoms with Crippen LogP contribution in [0.25, 0.3) is 0 Å². The molecule has 1 aliphatic heterocycles. The molecule has 12 heteroatoms. The van der Waals surface area contributed by atoms with Gasteiger partial charge in [-0.05, 0) is 19.1 Å². The van der Waals surface area contributed by atoms with Crippen molar-refractivity contribution in [2.45, 2.75) is 19.4 Å². The van der Waals surface area contributed by atoms with Crippen molar-refractivity contribution < 1.29 is 32.2 Å². The topological polar surface area (TPSA) is 74.6 Å². The summed E-state index contributed by atoms with van der Waals surface area (Å²) in [6, 6.07) is 2.24. The van der Waals surface area contributed by atoms with Crippen LogP contribution in [-0.4, -0.2) is 41.9 Å². The van der Waals surface area contributed by atoms with E-state index in [4.69, 9.17) is 37.4 Å². The van der Waals surface area contributed by atoms with Crippen LogP contribution in [0, 0.1) is 6.92 Å². The van der Waals surface area contributed by atoms with Crippen LogP contribution in [0.3, 0.4) is 0 Å². The SMILES string of the molecule is Cc1cc(Oc2c(Cl)cc(C(F)(F)F)cc2Cl)nn1C(=O)NCC1OCCO1. The van der Waals surface area contributed by atoms with Crippen LogP contribution in [0.1, 0.15) is 11.3 Å². The van der Waals surface area contributed by atoms with Crippen LogP contribution >= 0.6 is 23.2 Å². The highest BCUT2D eigenvalue weighted by molar-refractivity contribution is 6.37. The van der Waals surface area contributed by atoms with Crippen molar-refractivity contribution in [2.24, 2.45) is 0 Å². The maximum atomic E-state index is 12.8. The van der Waals surface area contributed by atoms with Gasteiger partial charge in [0.1, 0.15) is 0 Å². The summed E-state index contributed by atoms with van der Waals surface area (Å²) in [6.07, 6.45) is -5.13. The van der Waals surface area contributed by atoms with Gasteiger partial charge in [0, 0.05) is 6.07 Å². The van der Waals surface area contributed by atoms with Gasteiger partial charge in [-0.15, -0.1) is 5.10 Å². The van der Waals surface area contributed by atoms with Gasteiger partial charge in [0.25, 0.3) is 0 Å². The molecule has 0 spiro atoms. The first kappa shape index (κ1) is 20.7. The lowest BCUT2D eigenvalue weighted by Gasteiger charge is -2.12. The van der Waals surface area contributed by atoms with E-state index in [9.17, 15) is 18.0 Å². The third-order valence-electron chi connectivity index (χ3n) is 3.70. The number of hydrogen-bond donors (Lipinski definition) is 1. The first-order valence-corrected chi connectivity index (χ1v) is 8.73. The molecular formula is C16H14Cl2F3N3O4. The molecule has 28 heavy (non-hydrogen) atoms. The first-order valence-electron chi connectivity index (χ1n) is 7.97. The highest BCUT2D eigenvalue weighted by Crippen LogP contribution is 2.41. The number of benzene rings is 1. The molecule has 7 nitrogen and oxygen atoms in total. The molecule has 1 aliphatic rings. The molecule has 0 bridgehead atoms. The Labute approximate surface area is 167 Å². The van der Waals surface area contributed by atoms with Gasteiger partial charge in [-0.3, -0.25) is 0 Å². The maximum absolute atomic E-state index is 12.8. The van der Waals surface area contributed by atoms with Crippen molar-refractivity contribution in [3.63, 3.8) is 0 Å². The molecule has 1 N–H and O–H groups in total. The Bertz CT molecular complexity index is 859. The van der Waals surface area contributed by atoms with Gasteiger partial charge in [0.15, 0.2) is 12.0 Å². The number of carbonyl (C=O) groups is 1. The summed E-state index contributed by atoms with van der Waals surface area (Å²) in [4.78, 5) is 12.2. The Balaban J connectivity index is 1.73. The number of alkyl halides is 3. The van der Waals surface area contributed by atoms with Crippen molar-refractivity contribution in [1.82, 2.24) is 15.1 Å². The Kier molecular flexibility index (Phi) is 6.04. The number of aromatic nitrogens is 2. The lowest BCUT2D eigenvalue weighted by atomic mass is 10.2. The van der Waals surface area contributed by atoms with E-state index in [1.54, 1.807) is 6.92 Å². The van der Waals surface area contributed by atoms with Crippen molar-refractivity contribution in [1.29, 1.82) is 0 Å². The van der Waals surface area contributed by atoms with E-state index in [0.717, 1.165) is 4.68 Å². The monoisotopic (exact) mass is 439 g/mol. The molecule has 2 heterocycles. The third-order valence-corrected chi connectivity index (χ3v) is 4.26. The van der Waals surface area contributed by atoms with Gasteiger partial charge in [-0.25, -0.2) is 4.79 Å². The van der Waals surface area contributed by atoms with Gasteiger partial charge >= 0.3 is 12.2 Å². The zero-order valence-electron chi connectivity index (χ0n) is 14.3. The maximum Gasteiger partial charge on any atom is 0.416 e. The van der Waals surface area contributed by atoms with E-state index < -0.39 is 24.1 Å².